The summed E-state index contributed by atoms with van der Waals surface area (Å²) in [7, 11) is 0. The van der Waals surface area contributed by atoms with Gasteiger partial charge in [-0.15, -0.1) is 0 Å². The SMILES string of the molecule is CC(C)CCN1CCC(NC(=O)C2CCC2)CC1. The zero-order chi connectivity index (χ0) is 13.0. The molecule has 18 heavy (non-hydrogen) atoms. The topological polar surface area (TPSA) is 32.3 Å². The Bertz CT molecular complexity index is 266. The van der Waals surface area contributed by atoms with E-state index in [9.17, 15) is 4.79 Å². The third kappa shape index (κ3) is 3.98. The fourth-order valence-electron chi connectivity index (χ4n) is 2.73. The molecular weight excluding hydrogens is 224 g/mol. The van der Waals surface area contributed by atoms with Gasteiger partial charge in [0.05, 0.1) is 0 Å². The molecule has 0 aromatic heterocycles. The highest BCUT2D eigenvalue weighted by molar-refractivity contribution is 5.79. The first-order valence-corrected chi connectivity index (χ1v) is 7.68. The molecule has 1 aliphatic heterocycles. The number of carbonyl (C=O) groups is 1. The van der Waals surface area contributed by atoms with Crippen molar-refractivity contribution in [1.82, 2.24) is 10.2 Å². The zero-order valence-corrected chi connectivity index (χ0v) is 12.0. The van der Waals surface area contributed by atoms with Gasteiger partial charge in [-0.25, -0.2) is 0 Å². The van der Waals surface area contributed by atoms with Crippen LogP contribution in [0.5, 0.6) is 0 Å². The first-order chi connectivity index (χ1) is 8.65. The predicted octanol–water partition coefficient (Wildman–Crippen LogP) is 2.41. The second-order valence-electron chi connectivity index (χ2n) is 6.43. The third-order valence-corrected chi connectivity index (χ3v) is 4.43. The van der Waals surface area contributed by atoms with Crippen molar-refractivity contribution in [3.8, 4) is 0 Å². The number of carbonyl (C=O) groups excluding carboxylic acids is 1. The van der Waals surface area contributed by atoms with Gasteiger partial charge in [0.1, 0.15) is 0 Å². The van der Waals surface area contributed by atoms with Gasteiger partial charge in [-0.3, -0.25) is 4.79 Å². The Hall–Kier alpha value is -0.570. The van der Waals surface area contributed by atoms with Crippen LogP contribution in [0.3, 0.4) is 0 Å². The minimum atomic E-state index is 0.321. The lowest BCUT2D eigenvalue weighted by Gasteiger charge is -2.34. The Morgan fingerprint density at radius 2 is 1.89 bits per heavy atom. The maximum absolute atomic E-state index is 11.9. The summed E-state index contributed by atoms with van der Waals surface area (Å²) in [5.74, 6) is 1.45. The second-order valence-corrected chi connectivity index (χ2v) is 6.43. The molecule has 1 N–H and O–H groups in total. The number of piperidine rings is 1. The van der Waals surface area contributed by atoms with E-state index in [1.807, 2.05) is 0 Å². The summed E-state index contributed by atoms with van der Waals surface area (Å²) in [5, 5.41) is 3.24. The monoisotopic (exact) mass is 252 g/mol. The number of nitrogens with zero attached hydrogens (tertiary/aromatic N) is 1. The van der Waals surface area contributed by atoms with Crippen LogP contribution in [0.15, 0.2) is 0 Å². The van der Waals surface area contributed by atoms with Gasteiger partial charge in [-0.05, 0) is 44.6 Å². The van der Waals surface area contributed by atoms with E-state index in [4.69, 9.17) is 0 Å². The van der Waals surface area contributed by atoms with Crippen LogP contribution in [0.1, 0.15) is 52.4 Å². The van der Waals surface area contributed by atoms with Gasteiger partial charge in [0, 0.05) is 25.0 Å². The summed E-state index contributed by atoms with van der Waals surface area (Å²) in [5.41, 5.74) is 0. The Balaban J connectivity index is 1.62. The smallest absolute Gasteiger partial charge is 0.223 e. The van der Waals surface area contributed by atoms with Crippen LogP contribution >= 0.6 is 0 Å². The van der Waals surface area contributed by atoms with Gasteiger partial charge in [0.2, 0.25) is 5.91 Å². The quantitative estimate of drug-likeness (QED) is 0.815. The van der Waals surface area contributed by atoms with Gasteiger partial charge >= 0.3 is 0 Å². The van der Waals surface area contributed by atoms with Crippen LogP contribution in [0.2, 0.25) is 0 Å². The van der Waals surface area contributed by atoms with E-state index in [1.165, 1.54) is 19.4 Å². The van der Waals surface area contributed by atoms with Crippen LogP contribution in [-0.2, 0) is 4.79 Å². The molecule has 0 aromatic carbocycles. The fourth-order valence-corrected chi connectivity index (χ4v) is 2.73. The molecule has 0 spiro atoms. The van der Waals surface area contributed by atoms with E-state index in [0.29, 0.717) is 17.9 Å². The van der Waals surface area contributed by atoms with Gasteiger partial charge in [-0.2, -0.15) is 0 Å². The molecule has 0 atom stereocenters. The number of rotatable bonds is 5. The lowest BCUT2D eigenvalue weighted by molar-refractivity contribution is -0.128. The highest BCUT2D eigenvalue weighted by atomic mass is 16.2. The van der Waals surface area contributed by atoms with Crippen LogP contribution in [0, 0.1) is 11.8 Å². The molecule has 3 heteroatoms. The lowest BCUT2D eigenvalue weighted by Crippen LogP contribution is -2.47. The number of hydrogen-bond acceptors (Lipinski definition) is 2. The van der Waals surface area contributed by atoms with Crippen molar-refractivity contribution in [1.29, 1.82) is 0 Å². The Kier molecular flexibility index (Phi) is 5.04. The molecule has 1 heterocycles. The molecule has 2 fully saturated rings. The van der Waals surface area contributed by atoms with E-state index < -0.39 is 0 Å². The number of amides is 1. The van der Waals surface area contributed by atoms with Gasteiger partial charge in [0.25, 0.3) is 0 Å². The van der Waals surface area contributed by atoms with Crippen molar-refractivity contribution in [3.05, 3.63) is 0 Å². The zero-order valence-electron chi connectivity index (χ0n) is 12.0. The first-order valence-electron chi connectivity index (χ1n) is 7.68. The Morgan fingerprint density at radius 1 is 1.22 bits per heavy atom. The minimum Gasteiger partial charge on any atom is -0.353 e. The summed E-state index contributed by atoms with van der Waals surface area (Å²) >= 11 is 0. The van der Waals surface area contributed by atoms with E-state index in [2.05, 4.69) is 24.1 Å². The van der Waals surface area contributed by atoms with Crippen LogP contribution < -0.4 is 5.32 Å². The van der Waals surface area contributed by atoms with E-state index in [-0.39, 0.29) is 0 Å². The summed E-state index contributed by atoms with van der Waals surface area (Å²) < 4.78 is 0. The van der Waals surface area contributed by atoms with Gasteiger partial charge in [-0.1, -0.05) is 20.3 Å². The minimum absolute atomic E-state index is 0.321. The average Bonchev–Trinajstić information content (AvgIpc) is 2.25. The Morgan fingerprint density at radius 3 is 2.39 bits per heavy atom. The van der Waals surface area contributed by atoms with Crippen molar-refractivity contribution in [2.24, 2.45) is 11.8 Å². The van der Waals surface area contributed by atoms with E-state index >= 15 is 0 Å². The molecule has 2 rings (SSSR count). The predicted molar refractivity (Wildman–Crippen MR) is 74.4 cm³/mol. The maximum atomic E-state index is 11.9. The fraction of sp³-hybridized carbons (Fsp3) is 0.933. The number of nitrogens with one attached hydrogen (secondary N) is 1. The highest BCUT2D eigenvalue weighted by Crippen LogP contribution is 2.26. The third-order valence-electron chi connectivity index (χ3n) is 4.43. The second kappa shape index (κ2) is 6.55. The number of likely N-dealkylation sites (tertiary alicyclic amines) is 1. The molecule has 3 nitrogen and oxygen atoms in total. The normalized spacial score (nSPS) is 23.1. The standard InChI is InChI=1S/C15H28N2O/c1-12(2)6-9-17-10-7-14(8-11-17)16-15(18)13-4-3-5-13/h12-14H,3-11H2,1-2H3,(H,16,18). The average molecular weight is 252 g/mol. The maximum Gasteiger partial charge on any atom is 0.223 e. The lowest BCUT2D eigenvalue weighted by atomic mass is 9.84. The molecule has 104 valence electrons. The number of hydrogen-bond donors (Lipinski definition) is 1. The molecule has 1 saturated carbocycles. The molecular formula is C15H28N2O. The van der Waals surface area contributed by atoms with Crippen molar-refractivity contribution < 1.29 is 4.79 Å². The molecule has 2 aliphatic rings. The molecule has 0 bridgehead atoms. The van der Waals surface area contributed by atoms with Crippen molar-refractivity contribution in [3.63, 3.8) is 0 Å². The van der Waals surface area contributed by atoms with Gasteiger partial charge in [0.15, 0.2) is 0 Å². The summed E-state index contributed by atoms with van der Waals surface area (Å²) in [6.45, 7) is 8.10. The van der Waals surface area contributed by atoms with Crippen molar-refractivity contribution in [2.45, 2.75) is 58.4 Å². The molecule has 0 unspecified atom stereocenters. The highest BCUT2D eigenvalue weighted by Gasteiger charge is 2.28. The first kappa shape index (κ1) is 13.9. The van der Waals surface area contributed by atoms with Crippen molar-refractivity contribution in [2.75, 3.05) is 19.6 Å². The van der Waals surface area contributed by atoms with Crippen molar-refractivity contribution >= 4 is 5.91 Å². The molecule has 1 amide bonds. The molecule has 0 radical (unpaired) electrons. The molecule has 0 aromatic rings. The summed E-state index contributed by atoms with van der Waals surface area (Å²) in [6.07, 6.45) is 7.02. The van der Waals surface area contributed by atoms with Crippen LogP contribution in [-0.4, -0.2) is 36.5 Å². The summed E-state index contributed by atoms with van der Waals surface area (Å²) in [6, 6.07) is 0.438. The van der Waals surface area contributed by atoms with E-state index in [1.54, 1.807) is 0 Å². The van der Waals surface area contributed by atoms with Crippen LogP contribution in [0.4, 0.5) is 0 Å². The van der Waals surface area contributed by atoms with E-state index in [0.717, 1.165) is 44.7 Å². The van der Waals surface area contributed by atoms with Gasteiger partial charge < -0.3 is 10.2 Å². The van der Waals surface area contributed by atoms with Crippen LogP contribution in [0.25, 0.3) is 0 Å². The largest absolute Gasteiger partial charge is 0.353 e. The Labute approximate surface area is 111 Å². The summed E-state index contributed by atoms with van der Waals surface area (Å²) in [4.78, 5) is 14.4. The molecule has 1 saturated heterocycles. The molecule has 1 aliphatic carbocycles.